The molecular weight excluding hydrogens is 298 g/mol. The summed E-state index contributed by atoms with van der Waals surface area (Å²) >= 11 is 0. The molecule has 4 N–H and O–H groups in total. The summed E-state index contributed by atoms with van der Waals surface area (Å²) in [6.07, 6.45) is 1.47. The fraction of sp³-hybridized carbons (Fsp3) is 0.500. The predicted octanol–water partition coefficient (Wildman–Crippen LogP) is -0.0984. The first kappa shape index (κ1) is 17.2. The van der Waals surface area contributed by atoms with Crippen LogP contribution in [0.4, 0.5) is 0 Å². The van der Waals surface area contributed by atoms with Crippen LogP contribution in [0, 0.1) is 5.92 Å². The van der Waals surface area contributed by atoms with Gasteiger partial charge in [-0.15, -0.1) is 0 Å². The number of primary sulfonamides is 1. The first-order valence-corrected chi connectivity index (χ1v) is 7.79. The van der Waals surface area contributed by atoms with Crippen LogP contribution >= 0.6 is 0 Å². The smallest absolute Gasteiger partial charge is 0.326 e. The van der Waals surface area contributed by atoms with Gasteiger partial charge in [0.25, 0.3) is 5.91 Å². The molecule has 1 amide bonds. The topological polar surface area (TPSA) is 131 Å². The monoisotopic (exact) mass is 317 g/mol. The van der Waals surface area contributed by atoms with Crippen LogP contribution in [0.25, 0.3) is 0 Å². The Hall–Kier alpha value is -1.87. The lowest BCUT2D eigenvalue weighted by Gasteiger charge is -2.16. The molecule has 21 heavy (non-hydrogen) atoms. The molecule has 8 nitrogen and oxygen atoms in total. The number of carbonyl (C=O) groups excluding carboxylic acids is 1. The number of aliphatic carboxylic acids is 1. The number of aryl methyl sites for hydroxylation is 1. The standard InChI is InChI=1S/C12H19N3O5S/c1-7(2)4-9(12(17)18)14-11(16)10-5-8(6-15(10)3)21(13,19)20/h5-7,9H,4H2,1-3H3,(H,14,16)(H,17,18)(H2,13,19,20). The van der Waals surface area contributed by atoms with Gasteiger partial charge in [-0.25, -0.2) is 18.4 Å². The maximum absolute atomic E-state index is 12.1. The number of amides is 1. The highest BCUT2D eigenvalue weighted by molar-refractivity contribution is 7.89. The van der Waals surface area contributed by atoms with Crippen LogP contribution in [-0.2, 0) is 21.9 Å². The number of carboxylic acids is 1. The van der Waals surface area contributed by atoms with Crippen molar-refractivity contribution >= 4 is 21.9 Å². The highest BCUT2D eigenvalue weighted by atomic mass is 32.2. The van der Waals surface area contributed by atoms with Crippen LogP contribution in [-0.4, -0.2) is 36.0 Å². The molecule has 0 aliphatic rings. The first-order chi connectivity index (χ1) is 9.52. The molecule has 0 aromatic carbocycles. The lowest BCUT2D eigenvalue weighted by atomic mass is 10.0. The van der Waals surface area contributed by atoms with Crippen molar-refractivity contribution in [2.45, 2.75) is 31.2 Å². The van der Waals surface area contributed by atoms with E-state index >= 15 is 0 Å². The van der Waals surface area contributed by atoms with E-state index in [4.69, 9.17) is 10.2 Å². The van der Waals surface area contributed by atoms with Crippen LogP contribution in [0.15, 0.2) is 17.2 Å². The van der Waals surface area contributed by atoms with Crippen molar-refractivity contribution in [3.05, 3.63) is 18.0 Å². The number of nitrogens with zero attached hydrogens (tertiary/aromatic N) is 1. The largest absolute Gasteiger partial charge is 0.480 e. The molecule has 0 aliphatic carbocycles. The van der Waals surface area contributed by atoms with Gasteiger partial charge in [0.1, 0.15) is 16.6 Å². The number of carboxylic acid groups (broad SMARTS) is 1. The highest BCUT2D eigenvalue weighted by Gasteiger charge is 2.24. The third-order valence-electron chi connectivity index (χ3n) is 2.85. The van der Waals surface area contributed by atoms with Crippen molar-refractivity contribution in [1.82, 2.24) is 9.88 Å². The SMILES string of the molecule is CC(C)CC(NC(=O)c1cc(S(N)(=O)=O)cn1C)C(=O)O. The Labute approximate surface area is 123 Å². The summed E-state index contributed by atoms with van der Waals surface area (Å²) in [6.45, 7) is 3.67. The molecule has 1 rings (SSSR count). The molecule has 1 aromatic rings. The summed E-state index contributed by atoms with van der Waals surface area (Å²) in [5, 5.41) is 16.4. The Morgan fingerprint density at radius 3 is 2.38 bits per heavy atom. The zero-order valence-corrected chi connectivity index (χ0v) is 12.8. The normalized spacial score (nSPS) is 13.2. The molecule has 0 aliphatic heterocycles. The summed E-state index contributed by atoms with van der Waals surface area (Å²) in [5.41, 5.74) is 0.0223. The molecule has 0 fully saturated rings. The van der Waals surface area contributed by atoms with Gasteiger partial charge < -0.3 is 15.0 Å². The van der Waals surface area contributed by atoms with Crippen molar-refractivity contribution in [3.8, 4) is 0 Å². The molecule has 0 spiro atoms. The zero-order valence-electron chi connectivity index (χ0n) is 12.0. The Kier molecular flexibility index (Phi) is 5.13. The maximum atomic E-state index is 12.1. The molecule has 0 radical (unpaired) electrons. The minimum atomic E-state index is -3.92. The third kappa shape index (κ3) is 4.57. The van der Waals surface area contributed by atoms with E-state index in [1.54, 1.807) is 0 Å². The van der Waals surface area contributed by atoms with Gasteiger partial charge in [0.05, 0.1) is 0 Å². The van der Waals surface area contributed by atoms with Crippen LogP contribution in [0.2, 0.25) is 0 Å². The van der Waals surface area contributed by atoms with E-state index in [9.17, 15) is 18.0 Å². The fourth-order valence-electron chi connectivity index (χ4n) is 1.84. The van der Waals surface area contributed by atoms with Gasteiger partial charge in [-0.2, -0.15) is 0 Å². The summed E-state index contributed by atoms with van der Waals surface area (Å²) in [7, 11) is -2.44. The number of rotatable bonds is 6. The van der Waals surface area contributed by atoms with Gasteiger partial charge >= 0.3 is 5.97 Å². The van der Waals surface area contributed by atoms with Crippen LogP contribution in [0.5, 0.6) is 0 Å². The number of hydrogen-bond acceptors (Lipinski definition) is 4. The number of carbonyl (C=O) groups is 2. The molecule has 1 heterocycles. The van der Waals surface area contributed by atoms with E-state index in [0.29, 0.717) is 0 Å². The van der Waals surface area contributed by atoms with E-state index < -0.39 is 27.9 Å². The Morgan fingerprint density at radius 2 is 2.00 bits per heavy atom. The van der Waals surface area contributed by atoms with E-state index in [1.807, 2.05) is 13.8 Å². The Balaban J connectivity index is 2.98. The highest BCUT2D eigenvalue weighted by Crippen LogP contribution is 2.13. The third-order valence-corrected chi connectivity index (χ3v) is 3.73. The second-order valence-corrected chi connectivity index (χ2v) is 6.77. The molecule has 1 atom stereocenters. The molecule has 9 heteroatoms. The van der Waals surface area contributed by atoms with Crippen molar-refractivity contribution < 1.29 is 23.1 Å². The molecule has 0 bridgehead atoms. The van der Waals surface area contributed by atoms with Gasteiger partial charge in [-0.05, 0) is 18.4 Å². The van der Waals surface area contributed by atoms with E-state index in [0.717, 1.165) is 6.07 Å². The quantitative estimate of drug-likeness (QED) is 0.674. The predicted molar refractivity (Wildman–Crippen MR) is 75.1 cm³/mol. The second-order valence-electron chi connectivity index (χ2n) is 5.21. The van der Waals surface area contributed by atoms with E-state index in [2.05, 4.69) is 5.32 Å². The van der Waals surface area contributed by atoms with Gasteiger partial charge in [0.15, 0.2) is 0 Å². The summed E-state index contributed by atoms with van der Waals surface area (Å²) in [5.74, 6) is -1.72. The molecule has 1 aromatic heterocycles. The molecule has 1 unspecified atom stereocenters. The molecular formula is C12H19N3O5S. The number of hydrogen-bond donors (Lipinski definition) is 3. The molecule has 0 saturated heterocycles. The average molecular weight is 317 g/mol. The fourth-order valence-corrected chi connectivity index (χ4v) is 2.42. The zero-order chi connectivity index (χ0) is 16.4. The van der Waals surface area contributed by atoms with Gasteiger partial charge in [-0.1, -0.05) is 13.8 Å². The van der Waals surface area contributed by atoms with Crippen molar-refractivity contribution in [3.63, 3.8) is 0 Å². The van der Waals surface area contributed by atoms with Crippen molar-refractivity contribution in [2.75, 3.05) is 0 Å². The minimum Gasteiger partial charge on any atom is -0.480 e. The van der Waals surface area contributed by atoms with Crippen molar-refractivity contribution in [2.24, 2.45) is 18.1 Å². The lowest BCUT2D eigenvalue weighted by Crippen LogP contribution is -2.42. The molecule has 0 saturated carbocycles. The van der Waals surface area contributed by atoms with Gasteiger partial charge in [0.2, 0.25) is 10.0 Å². The Morgan fingerprint density at radius 1 is 1.43 bits per heavy atom. The number of sulfonamides is 1. The maximum Gasteiger partial charge on any atom is 0.326 e. The Bertz CT molecular complexity index is 648. The number of nitrogens with two attached hydrogens (primary N) is 1. The number of aromatic nitrogens is 1. The lowest BCUT2D eigenvalue weighted by molar-refractivity contribution is -0.139. The van der Waals surface area contributed by atoms with Gasteiger partial charge in [0, 0.05) is 13.2 Å². The van der Waals surface area contributed by atoms with Crippen LogP contribution in [0.1, 0.15) is 30.8 Å². The van der Waals surface area contributed by atoms with Crippen molar-refractivity contribution in [1.29, 1.82) is 0 Å². The van der Waals surface area contributed by atoms with E-state index in [1.165, 1.54) is 17.8 Å². The van der Waals surface area contributed by atoms with Crippen LogP contribution < -0.4 is 10.5 Å². The van der Waals surface area contributed by atoms with Gasteiger partial charge in [-0.3, -0.25) is 4.79 Å². The first-order valence-electron chi connectivity index (χ1n) is 6.25. The van der Waals surface area contributed by atoms with E-state index in [-0.39, 0.29) is 22.9 Å². The summed E-state index contributed by atoms with van der Waals surface area (Å²) in [6, 6.07) is 0.0733. The summed E-state index contributed by atoms with van der Waals surface area (Å²) in [4.78, 5) is 23.0. The second kappa shape index (κ2) is 6.27. The summed E-state index contributed by atoms with van der Waals surface area (Å²) < 4.78 is 23.8. The molecule has 118 valence electrons. The minimum absolute atomic E-state index is 0.0223. The average Bonchev–Trinajstić information content (AvgIpc) is 2.69. The van der Waals surface area contributed by atoms with Crippen LogP contribution in [0.3, 0.4) is 0 Å². The number of nitrogens with one attached hydrogen (secondary N) is 1.